The summed E-state index contributed by atoms with van der Waals surface area (Å²) in [5, 5.41) is 3.10. The molecule has 2 heterocycles. The Balaban J connectivity index is 1.73. The highest BCUT2D eigenvalue weighted by atomic mass is 16.1. The molecule has 0 unspecified atom stereocenters. The van der Waals surface area contributed by atoms with Crippen molar-refractivity contribution >= 4 is 5.95 Å². The fraction of sp³-hybridized carbons (Fsp3) is 0.429. The first kappa shape index (κ1) is 12.8. The highest BCUT2D eigenvalue weighted by Crippen LogP contribution is 2.28. The van der Waals surface area contributed by atoms with Gasteiger partial charge in [-0.1, -0.05) is 6.07 Å². The van der Waals surface area contributed by atoms with Gasteiger partial charge in [-0.25, -0.2) is 9.78 Å². The van der Waals surface area contributed by atoms with Gasteiger partial charge in [-0.2, -0.15) is 4.98 Å². The number of aryl methyl sites for hydroxylation is 1. The molecule has 6 heteroatoms. The van der Waals surface area contributed by atoms with Crippen LogP contribution in [0, 0.1) is 12.8 Å². The summed E-state index contributed by atoms with van der Waals surface area (Å²) in [6.45, 7) is 3.22. The maximum atomic E-state index is 12.0. The Kier molecular flexibility index (Phi) is 3.45. The third kappa shape index (κ3) is 3.01. The van der Waals surface area contributed by atoms with E-state index < -0.39 is 0 Å². The second kappa shape index (κ2) is 5.40. The number of nitrogens with one attached hydrogen (secondary N) is 1. The van der Waals surface area contributed by atoms with Crippen molar-refractivity contribution in [3.63, 3.8) is 0 Å². The van der Waals surface area contributed by atoms with E-state index in [0.29, 0.717) is 12.5 Å². The van der Waals surface area contributed by atoms with Gasteiger partial charge in [-0.15, -0.1) is 0 Å². The van der Waals surface area contributed by atoms with Crippen molar-refractivity contribution in [2.24, 2.45) is 5.92 Å². The minimum absolute atomic E-state index is 0.302. The second-order valence-electron chi connectivity index (χ2n) is 5.18. The first-order chi connectivity index (χ1) is 9.72. The van der Waals surface area contributed by atoms with Crippen LogP contribution in [-0.4, -0.2) is 26.1 Å². The van der Waals surface area contributed by atoms with Gasteiger partial charge < -0.3 is 5.32 Å². The Labute approximate surface area is 116 Å². The summed E-state index contributed by atoms with van der Waals surface area (Å²) in [5.41, 5.74) is 1.61. The molecule has 3 rings (SSSR count). The Morgan fingerprint density at radius 2 is 2.25 bits per heavy atom. The molecule has 0 radical (unpaired) electrons. The summed E-state index contributed by atoms with van der Waals surface area (Å²) >= 11 is 0. The molecule has 0 saturated heterocycles. The Morgan fingerprint density at radius 1 is 1.40 bits per heavy atom. The standard InChI is InChI=1S/C14H17N5O/c1-10-3-2-6-15-12(10)8-19-9-17-13(18-14(19)20)16-7-11-4-5-11/h2-3,6,9,11H,4-5,7-8H2,1H3,(H,16,18,20). The van der Waals surface area contributed by atoms with Gasteiger partial charge in [-0.3, -0.25) is 9.55 Å². The molecule has 0 spiro atoms. The van der Waals surface area contributed by atoms with E-state index in [9.17, 15) is 4.79 Å². The van der Waals surface area contributed by atoms with Crippen LogP contribution in [0.1, 0.15) is 24.1 Å². The molecule has 1 aliphatic carbocycles. The number of rotatable bonds is 5. The average Bonchev–Trinajstić information content (AvgIpc) is 3.26. The zero-order chi connectivity index (χ0) is 13.9. The molecular weight excluding hydrogens is 254 g/mol. The molecule has 0 aromatic carbocycles. The molecule has 6 nitrogen and oxygen atoms in total. The van der Waals surface area contributed by atoms with Crippen molar-refractivity contribution in [2.45, 2.75) is 26.3 Å². The fourth-order valence-corrected chi connectivity index (χ4v) is 1.95. The number of hydrogen-bond acceptors (Lipinski definition) is 5. The summed E-state index contributed by atoms with van der Waals surface area (Å²) in [4.78, 5) is 24.4. The predicted octanol–water partition coefficient (Wildman–Crippen LogP) is 1.21. The van der Waals surface area contributed by atoms with E-state index in [1.165, 1.54) is 23.7 Å². The summed E-state index contributed by atoms with van der Waals surface area (Å²) in [6.07, 6.45) is 5.75. The van der Waals surface area contributed by atoms with E-state index in [1.807, 2.05) is 19.1 Å². The van der Waals surface area contributed by atoms with E-state index in [-0.39, 0.29) is 5.69 Å². The van der Waals surface area contributed by atoms with Gasteiger partial charge in [0.2, 0.25) is 5.95 Å². The molecule has 0 atom stereocenters. The van der Waals surface area contributed by atoms with Gasteiger partial charge in [0.25, 0.3) is 0 Å². The second-order valence-corrected chi connectivity index (χ2v) is 5.18. The Morgan fingerprint density at radius 3 is 2.95 bits per heavy atom. The molecule has 2 aromatic rings. The molecule has 104 valence electrons. The normalized spacial score (nSPS) is 14.2. The highest BCUT2D eigenvalue weighted by Gasteiger charge is 2.21. The smallest absolute Gasteiger partial charge is 0.352 e. The Hall–Kier alpha value is -2.24. The maximum absolute atomic E-state index is 12.0. The average molecular weight is 271 g/mol. The van der Waals surface area contributed by atoms with Gasteiger partial charge in [0.15, 0.2) is 0 Å². The monoisotopic (exact) mass is 271 g/mol. The van der Waals surface area contributed by atoms with Crippen LogP contribution in [0.25, 0.3) is 0 Å². The van der Waals surface area contributed by atoms with Gasteiger partial charge in [0.05, 0.1) is 12.2 Å². The molecule has 0 amide bonds. The Bertz CT molecular complexity index is 663. The zero-order valence-electron chi connectivity index (χ0n) is 11.4. The van der Waals surface area contributed by atoms with E-state index in [0.717, 1.165) is 23.7 Å². The van der Waals surface area contributed by atoms with Crippen molar-refractivity contribution in [3.8, 4) is 0 Å². The molecule has 2 aromatic heterocycles. The van der Waals surface area contributed by atoms with Crippen molar-refractivity contribution in [1.29, 1.82) is 0 Å². The number of nitrogens with zero attached hydrogens (tertiary/aromatic N) is 4. The van der Waals surface area contributed by atoms with Crippen LogP contribution in [0.5, 0.6) is 0 Å². The van der Waals surface area contributed by atoms with E-state index in [2.05, 4.69) is 20.3 Å². The van der Waals surface area contributed by atoms with Crippen LogP contribution in [0.2, 0.25) is 0 Å². The van der Waals surface area contributed by atoms with Crippen molar-refractivity contribution in [3.05, 3.63) is 46.4 Å². The first-order valence-corrected chi connectivity index (χ1v) is 6.80. The number of aromatic nitrogens is 4. The lowest BCUT2D eigenvalue weighted by Crippen LogP contribution is -2.26. The van der Waals surface area contributed by atoms with E-state index in [4.69, 9.17) is 0 Å². The quantitative estimate of drug-likeness (QED) is 0.885. The van der Waals surface area contributed by atoms with Crippen LogP contribution >= 0.6 is 0 Å². The summed E-state index contributed by atoms with van der Waals surface area (Å²) in [7, 11) is 0. The first-order valence-electron chi connectivity index (χ1n) is 6.80. The van der Waals surface area contributed by atoms with E-state index in [1.54, 1.807) is 6.20 Å². The number of pyridine rings is 1. The summed E-state index contributed by atoms with van der Waals surface area (Å²) in [5.74, 6) is 1.13. The molecule has 1 N–H and O–H groups in total. The van der Waals surface area contributed by atoms with Gasteiger partial charge in [0, 0.05) is 12.7 Å². The molecule has 1 saturated carbocycles. The van der Waals surface area contributed by atoms with Crippen LogP contribution in [0.15, 0.2) is 29.5 Å². The molecule has 0 bridgehead atoms. The largest absolute Gasteiger partial charge is 0.354 e. The van der Waals surface area contributed by atoms with E-state index >= 15 is 0 Å². The van der Waals surface area contributed by atoms with Crippen molar-refractivity contribution < 1.29 is 0 Å². The SMILES string of the molecule is Cc1cccnc1Cn1cnc(NCC2CC2)nc1=O. The third-order valence-electron chi connectivity index (χ3n) is 3.45. The topological polar surface area (TPSA) is 72.7 Å². The minimum atomic E-state index is -0.302. The van der Waals surface area contributed by atoms with Gasteiger partial charge in [-0.05, 0) is 37.3 Å². The van der Waals surface area contributed by atoms with Crippen molar-refractivity contribution in [1.82, 2.24) is 19.5 Å². The molecule has 1 fully saturated rings. The lowest BCUT2D eigenvalue weighted by Gasteiger charge is -2.08. The van der Waals surface area contributed by atoms with Crippen LogP contribution in [-0.2, 0) is 6.54 Å². The van der Waals surface area contributed by atoms with Gasteiger partial charge in [0.1, 0.15) is 6.33 Å². The maximum Gasteiger partial charge on any atom is 0.352 e. The third-order valence-corrected chi connectivity index (χ3v) is 3.45. The van der Waals surface area contributed by atoms with Gasteiger partial charge >= 0.3 is 5.69 Å². The molecule has 0 aliphatic heterocycles. The molecule has 1 aliphatic rings. The minimum Gasteiger partial charge on any atom is -0.354 e. The lowest BCUT2D eigenvalue weighted by molar-refractivity contribution is 0.682. The van der Waals surface area contributed by atoms with Crippen molar-refractivity contribution in [2.75, 3.05) is 11.9 Å². The number of anilines is 1. The van der Waals surface area contributed by atoms with Crippen LogP contribution in [0.4, 0.5) is 5.95 Å². The zero-order valence-corrected chi connectivity index (χ0v) is 11.4. The summed E-state index contributed by atoms with van der Waals surface area (Å²) in [6, 6.07) is 3.85. The molecular formula is C14H17N5O. The lowest BCUT2D eigenvalue weighted by atomic mass is 10.2. The molecule has 20 heavy (non-hydrogen) atoms. The van der Waals surface area contributed by atoms with Crippen LogP contribution in [0.3, 0.4) is 0 Å². The van der Waals surface area contributed by atoms with Crippen LogP contribution < -0.4 is 11.0 Å². The number of hydrogen-bond donors (Lipinski definition) is 1. The predicted molar refractivity (Wildman–Crippen MR) is 75.6 cm³/mol. The fourth-order valence-electron chi connectivity index (χ4n) is 1.95. The summed E-state index contributed by atoms with van der Waals surface area (Å²) < 4.78 is 1.47. The highest BCUT2D eigenvalue weighted by molar-refractivity contribution is 5.22.